The van der Waals surface area contributed by atoms with Crippen molar-refractivity contribution >= 4 is 40.1 Å². The van der Waals surface area contributed by atoms with Crippen LogP contribution in [0.5, 0.6) is 5.75 Å². The summed E-state index contributed by atoms with van der Waals surface area (Å²) in [6, 6.07) is 14.6. The summed E-state index contributed by atoms with van der Waals surface area (Å²) in [6.07, 6.45) is 0. The standard InChI is InChI=1S/C38H47N3O7S/c1-36(2,3)27-25-26(34(44)45)32(40-31(42)35(46)48-38(7,8)9)49-29(25)30(37(4,5)6)39-28(27)33(43)41-18-22-16-13-17-24(23(22)19-41)47-20-21-14-11-10-12-15-21/h10-17,27-28,30,39H,18-20H2,1-9H3,(H,40,42)(H,44,45). The number of ether oxygens (including phenoxy) is 2. The quantitative estimate of drug-likeness (QED) is 0.186. The Morgan fingerprint density at radius 1 is 0.918 bits per heavy atom. The van der Waals surface area contributed by atoms with Crippen molar-refractivity contribution in [3.05, 3.63) is 81.2 Å². The number of hydrogen-bond donors (Lipinski definition) is 3. The molecule has 262 valence electrons. The minimum Gasteiger partial charge on any atom is -0.489 e. The minimum atomic E-state index is -1.25. The number of benzene rings is 2. The first-order chi connectivity index (χ1) is 22.8. The topological polar surface area (TPSA) is 134 Å². The number of carboxylic acids is 1. The second-order valence-corrected chi connectivity index (χ2v) is 17.0. The van der Waals surface area contributed by atoms with Gasteiger partial charge in [-0.1, -0.05) is 84.0 Å². The second kappa shape index (κ2) is 13.2. The lowest BCUT2D eigenvalue weighted by molar-refractivity contribution is -0.161. The average Bonchev–Trinajstić information content (AvgIpc) is 3.59. The Balaban J connectivity index is 1.51. The van der Waals surface area contributed by atoms with E-state index < -0.39 is 52.3 Å². The first-order valence-corrected chi connectivity index (χ1v) is 17.3. The van der Waals surface area contributed by atoms with Crippen molar-refractivity contribution in [1.29, 1.82) is 0 Å². The molecule has 3 heterocycles. The van der Waals surface area contributed by atoms with E-state index in [0.29, 0.717) is 25.3 Å². The molecule has 3 atom stereocenters. The summed E-state index contributed by atoms with van der Waals surface area (Å²) in [6.45, 7) is 18.1. The average molecular weight is 690 g/mol. The van der Waals surface area contributed by atoms with Gasteiger partial charge in [0.2, 0.25) is 5.91 Å². The van der Waals surface area contributed by atoms with Gasteiger partial charge in [0.1, 0.15) is 23.0 Å². The van der Waals surface area contributed by atoms with Crippen molar-refractivity contribution < 1.29 is 33.8 Å². The third kappa shape index (κ3) is 7.68. The number of nitrogens with zero attached hydrogens (tertiary/aromatic N) is 1. The summed E-state index contributed by atoms with van der Waals surface area (Å²) in [7, 11) is 0. The zero-order valence-electron chi connectivity index (χ0n) is 29.7. The molecular formula is C38H47N3O7S. The molecule has 2 aliphatic heterocycles. The molecule has 1 aromatic heterocycles. The van der Waals surface area contributed by atoms with Crippen molar-refractivity contribution in [2.45, 2.75) is 106 Å². The fourth-order valence-electron chi connectivity index (χ4n) is 6.69. The maximum atomic E-state index is 14.7. The molecule has 0 spiro atoms. The number of carbonyl (C=O) groups excluding carboxylic acids is 3. The van der Waals surface area contributed by atoms with Crippen LogP contribution in [0.3, 0.4) is 0 Å². The third-order valence-electron chi connectivity index (χ3n) is 8.81. The number of amides is 2. The third-order valence-corrected chi connectivity index (χ3v) is 9.99. The Hall–Kier alpha value is -4.22. The van der Waals surface area contributed by atoms with Crippen LogP contribution in [0.25, 0.3) is 0 Å². The molecule has 2 aromatic carbocycles. The van der Waals surface area contributed by atoms with Crippen LogP contribution in [0.15, 0.2) is 48.5 Å². The molecule has 0 aliphatic carbocycles. The molecule has 2 amide bonds. The lowest BCUT2D eigenvalue weighted by Crippen LogP contribution is -2.56. The fraction of sp³-hybridized carbons (Fsp3) is 0.474. The molecule has 3 unspecified atom stereocenters. The molecule has 0 fully saturated rings. The summed E-state index contributed by atoms with van der Waals surface area (Å²) >= 11 is 1.13. The Morgan fingerprint density at radius 3 is 2.18 bits per heavy atom. The Labute approximate surface area is 292 Å². The van der Waals surface area contributed by atoms with Crippen molar-refractivity contribution in [3.63, 3.8) is 0 Å². The number of carboxylic acid groups (broad SMARTS) is 1. The van der Waals surface area contributed by atoms with E-state index in [1.54, 1.807) is 25.7 Å². The van der Waals surface area contributed by atoms with Crippen LogP contribution in [-0.2, 0) is 38.8 Å². The highest BCUT2D eigenvalue weighted by molar-refractivity contribution is 7.17. The molecule has 0 saturated heterocycles. The Kier molecular flexibility index (Phi) is 9.75. The first kappa shape index (κ1) is 36.1. The number of thiophene rings is 1. The number of anilines is 1. The van der Waals surface area contributed by atoms with Gasteiger partial charge >= 0.3 is 17.8 Å². The van der Waals surface area contributed by atoms with E-state index in [2.05, 4.69) is 10.6 Å². The summed E-state index contributed by atoms with van der Waals surface area (Å²) in [5.41, 5.74) is 1.46. The van der Waals surface area contributed by atoms with Crippen molar-refractivity contribution in [1.82, 2.24) is 10.2 Å². The monoisotopic (exact) mass is 689 g/mol. The SMILES string of the molecule is CC(C)(C)OC(=O)C(=O)Nc1sc2c(c1C(=O)O)C(C(C)(C)C)C(C(=O)N1Cc3cccc(OCc4ccccc4)c3C1)NC2C(C)(C)C. The molecule has 49 heavy (non-hydrogen) atoms. The van der Waals surface area contributed by atoms with Crippen LogP contribution in [0, 0.1) is 10.8 Å². The van der Waals surface area contributed by atoms with Crippen LogP contribution in [0.4, 0.5) is 5.00 Å². The first-order valence-electron chi connectivity index (χ1n) is 16.5. The Morgan fingerprint density at radius 2 is 1.59 bits per heavy atom. The van der Waals surface area contributed by atoms with E-state index in [0.717, 1.165) is 38.7 Å². The lowest BCUT2D eigenvalue weighted by atomic mass is 9.66. The van der Waals surface area contributed by atoms with E-state index in [4.69, 9.17) is 9.47 Å². The van der Waals surface area contributed by atoms with Gasteiger partial charge in [0.25, 0.3) is 0 Å². The molecular weight excluding hydrogens is 642 g/mol. The summed E-state index contributed by atoms with van der Waals surface area (Å²) in [5.74, 6) is -3.42. The number of nitrogens with one attached hydrogen (secondary N) is 2. The zero-order chi connectivity index (χ0) is 36.1. The van der Waals surface area contributed by atoms with Gasteiger partial charge in [-0.3, -0.25) is 14.9 Å². The van der Waals surface area contributed by atoms with Gasteiger partial charge in [0.05, 0.1) is 18.2 Å². The molecule has 10 nitrogen and oxygen atoms in total. The van der Waals surface area contributed by atoms with Crippen molar-refractivity contribution in [2.24, 2.45) is 10.8 Å². The number of aromatic carboxylic acids is 1. The van der Waals surface area contributed by atoms with Gasteiger partial charge in [-0.05, 0) is 54.4 Å². The summed E-state index contributed by atoms with van der Waals surface area (Å²) in [4.78, 5) is 55.9. The largest absolute Gasteiger partial charge is 0.489 e. The van der Waals surface area contributed by atoms with Gasteiger partial charge in [0.15, 0.2) is 0 Å². The predicted molar refractivity (Wildman–Crippen MR) is 189 cm³/mol. The molecule has 5 rings (SSSR count). The van der Waals surface area contributed by atoms with Gasteiger partial charge in [-0.15, -0.1) is 11.3 Å². The van der Waals surface area contributed by atoms with E-state index in [1.165, 1.54) is 0 Å². The predicted octanol–water partition coefficient (Wildman–Crippen LogP) is 7.04. The van der Waals surface area contributed by atoms with Crippen molar-refractivity contribution in [2.75, 3.05) is 5.32 Å². The highest BCUT2D eigenvalue weighted by Gasteiger charge is 2.51. The van der Waals surface area contributed by atoms with Crippen LogP contribution in [-0.4, -0.2) is 45.4 Å². The molecule has 0 bridgehead atoms. The smallest absolute Gasteiger partial charge is 0.397 e. The van der Waals surface area contributed by atoms with Gasteiger partial charge < -0.3 is 24.8 Å². The molecule has 2 aliphatic rings. The van der Waals surface area contributed by atoms with Gasteiger partial charge in [-0.2, -0.15) is 0 Å². The molecule has 11 heteroatoms. The maximum absolute atomic E-state index is 14.7. The normalized spacial score (nSPS) is 19.1. The number of fused-ring (bicyclic) bond motifs is 2. The maximum Gasteiger partial charge on any atom is 0.397 e. The van der Waals surface area contributed by atoms with E-state index in [9.17, 15) is 24.3 Å². The second-order valence-electron chi connectivity index (χ2n) is 16.0. The molecule has 0 radical (unpaired) electrons. The number of carbonyl (C=O) groups is 4. The summed E-state index contributed by atoms with van der Waals surface area (Å²) < 4.78 is 11.5. The lowest BCUT2D eigenvalue weighted by Gasteiger charge is -2.47. The van der Waals surface area contributed by atoms with Crippen molar-refractivity contribution in [3.8, 4) is 5.75 Å². The Bertz CT molecular complexity index is 1760. The van der Waals surface area contributed by atoms with Crippen LogP contribution in [0.2, 0.25) is 0 Å². The summed E-state index contributed by atoms with van der Waals surface area (Å²) in [5, 5.41) is 16.9. The fourth-order valence-corrected chi connectivity index (χ4v) is 8.23. The zero-order valence-corrected chi connectivity index (χ0v) is 30.5. The number of rotatable bonds is 6. The van der Waals surface area contributed by atoms with E-state index in [-0.39, 0.29) is 16.5 Å². The van der Waals surface area contributed by atoms with Gasteiger partial charge in [-0.25, -0.2) is 9.59 Å². The minimum absolute atomic E-state index is 0.0422. The number of esters is 1. The number of hydrogen-bond acceptors (Lipinski definition) is 8. The van der Waals surface area contributed by atoms with Crippen LogP contribution in [0.1, 0.15) is 112 Å². The van der Waals surface area contributed by atoms with Crippen LogP contribution >= 0.6 is 11.3 Å². The van der Waals surface area contributed by atoms with Gasteiger partial charge in [0, 0.05) is 28.9 Å². The highest BCUT2D eigenvalue weighted by Crippen LogP contribution is 2.55. The molecule has 0 saturated carbocycles. The highest BCUT2D eigenvalue weighted by atomic mass is 32.1. The molecule has 3 aromatic rings. The molecule has 3 N–H and O–H groups in total. The van der Waals surface area contributed by atoms with Crippen LogP contribution < -0.4 is 15.4 Å². The van der Waals surface area contributed by atoms with E-state index >= 15 is 0 Å². The van der Waals surface area contributed by atoms with E-state index in [1.807, 2.05) is 90.1 Å².